The average Bonchev–Trinajstić information content (AvgIpc) is 2.99. The molecular weight excluding hydrogens is 312 g/mol. The van der Waals surface area contributed by atoms with Crippen LogP contribution in [0.15, 0.2) is 24.4 Å². The van der Waals surface area contributed by atoms with Crippen LogP contribution in [0.2, 0.25) is 0 Å². The van der Waals surface area contributed by atoms with E-state index in [0.29, 0.717) is 18.5 Å². The Hall–Kier alpha value is -2.01. The quantitative estimate of drug-likeness (QED) is 0.897. The molecule has 5 nitrogen and oxygen atoms in total. The number of amides is 2. The zero-order chi connectivity index (χ0) is 18.0. The van der Waals surface area contributed by atoms with Crippen LogP contribution in [0.25, 0.3) is 10.9 Å². The maximum atomic E-state index is 12.5. The fourth-order valence-electron chi connectivity index (χ4n) is 4.15. The van der Waals surface area contributed by atoms with Crippen molar-refractivity contribution < 1.29 is 4.79 Å². The first-order valence-electron chi connectivity index (χ1n) is 9.22. The van der Waals surface area contributed by atoms with E-state index in [1.165, 1.54) is 22.0 Å². The van der Waals surface area contributed by atoms with Gasteiger partial charge in [-0.2, -0.15) is 0 Å². The van der Waals surface area contributed by atoms with Crippen LogP contribution in [0.3, 0.4) is 0 Å². The fraction of sp³-hybridized carbons (Fsp3) is 0.550. The number of benzene rings is 1. The number of carbonyl (C=O) groups excluding carboxylic acids is 1. The summed E-state index contributed by atoms with van der Waals surface area (Å²) in [4.78, 5) is 20.1. The van der Waals surface area contributed by atoms with E-state index in [4.69, 9.17) is 0 Å². The first-order chi connectivity index (χ1) is 12.0. The van der Waals surface area contributed by atoms with Gasteiger partial charge in [0.1, 0.15) is 0 Å². The van der Waals surface area contributed by atoms with Gasteiger partial charge in [0.25, 0.3) is 0 Å². The van der Waals surface area contributed by atoms with E-state index in [9.17, 15) is 4.79 Å². The van der Waals surface area contributed by atoms with Gasteiger partial charge in [0.15, 0.2) is 0 Å². The van der Waals surface area contributed by atoms with Crippen molar-refractivity contribution in [2.45, 2.75) is 32.7 Å². The summed E-state index contributed by atoms with van der Waals surface area (Å²) in [5, 5.41) is 4.38. The maximum Gasteiger partial charge on any atom is 0.317 e. The average molecular weight is 342 g/mol. The van der Waals surface area contributed by atoms with Crippen LogP contribution >= 0.6 is 0 Å². The van der Waals surface area contributed by atoms with Crippen molar-refractivity contribution in [2.75, 3.05) is 33.7 Å². The Morgan fingerprint density at radius 1 is 1.44 bits per heavy atom. The zero-order valence-electron chi connectivity index (χ0n) is 15.8. The molecule has 1 aromatic carbocycles. The summed E-state index contributed by atoms with van der Waals surface area (Å²) in [6.07, 6.45) is 3.95. The number of rotatable bonds is 4. The Morgan fingerprint density at radius 2 is 2.24 bits per heavy atom. The molecule has 2 heterocycles. The molecule has 2 atom stereocenters. The largest absolute Gasteiger partial charge is 0.361 e. The SMILES string of the molecule is Cc1cccc2[nH]cc(CCNC(=O)N(C)C3CCN(C)CC3C)c12. The molecule has 5 heteroatoms. The molecule has 2 unspecified atom stereocenters. The van der Waals surface area contributed by atoms with Gasteiger partial charge in [-0.25, -0.2) is 4.79 Å². The van der Waals surface area contributed by atoms with Crippen molar-refractivity contribution in [1.29, 1.82) is 0 Å². The Morgan fingerprint density at radius 3 is 3.00 bits per heavy atom. The molecule has 0 bridgehead atoms. The number of hydrogen-bond donors (Lipinski definition) is 2. The van der Waals surface area contributed by atoms with Crippen LogP contribution in [-0.2, 0) is 6.42 Å². The molecule has 1 aliphatic heterocycles. The fourth-order valence-corrected chi connectivity index (χ4v) is 4.15. The highest BCUT2D eigenvalue weighted by molar-refractivity contribution is 5.86. The van der Waals surface area contributed by atoms with Crippen LogP contribution in [-0.4, -0.2) is 60.6 Å². The topological polar surface area (TPSA) is 51.4 Å². The number of urea groups is 1. The summed E-state index contributed by atoms with van der Waals surface area (Å²) in [6.45, 7) is 7.13. The Bertz CT molecular complexity index is 738. The summed E-state index contributed by atoms with van der Waals surface area (Å²) < 4.78 is 0. The third-order valence-corrected chi connectivity index (χ3v) is 5.55. The molecule has 2 aromatic rings. The number of fused-ring (bicyclic) bond motifs is 1. The highest BCUT2D eigenvalue weighted by Gasteiger charge is 2.29. The van der Waals surface area contributed by atoms with Crippen molar-refractivity contribution in [3.05, 3.63) is 35.5 Å². The summed E-state index contributed by atoms with van der Waals surface area (Å²) in [5.41, 5.74) is 3.71. The number of nitrogens with one attached hydrogen (secondary N) is 2. The lowest BCUT2D eigenvalue weighted by atomic mass is 9.93. The smallest absolute Gasteiger partial charge is 0.317 e. The number of H-pyrrole nitrogens is 1. The van der Waals surface area contributed by atoms with Crippen molar-refractivity contribution >= 4 is 16.9 Å². The molecule has 0 saturated carbocycles. The van der Waals surface area contributed by atoms with Gasteiger partial charge >= 0.3 is 6.03 Å². The molecule has 2 amide bonds. The van der Waals surface area contributed by atoms with Crippen molar-refractivity contribution in [1.82, 2.24) is 20.1 Å². The van der Waals surface area contributed by atoms with Gasteiger partial charge in [0, 0.05) is 43.3 Å². The molecule has 3 rings (SSSR count). The number of likely N-dealkylation sites (tertiary alicyclic amines) is 1. The Kier molecular flexibility index (Phi) is 5.33. The third kappa shape index (κ3) is 3.82. The van der Waals surface area contributed by atoms with Crippen molar-refractivity contribution in [2.24, 2.45) is 5.92 Å². The monoisotopic (exact) mass is 342 g/mol. The number of aromatic amines is 1. The molecule has 1 saturated heterocycles. The van der Waals surface area contributed by atoms with Crippen LogP contribution in [0, 0.1) is 12.8 Å². The summed E-state index contributed by atoms with van der Waals surface area (Å²) in [5.74, 6) is 0.505. The number of aromatic nitrogens is 1. The van der Waals surface area contributed by atoms with E-state index < -0.39 is 0 Å². The second-order valence-electron chi connectivity index (χ2n) is 7.50. The van der Waals surface area contributed by atoms with E-state index in [-0.39, 0.29) is 6.03 Å². The molecule has 0 aliphatic carbocycles. The minimum absolute atomic E-state index is 0.0398. The van der Waals surface area contributed by atoms with Gasteiger partial charge in [0.2, 0.25) is 0 Å². The van der Waals surface area contributed by atoms with Crippen molar-refractivity contribution in [3.63, 3.8) is 0 Å². The third-order valence-electron chi connectivity index (χ3n) is 5.55. The normalized spacial score (nSPS) is 21.4. The highest BCUT2D eigenvalue weighted by atomic mass is 16.2. The van der Waals surface area contributed by atoms with Gasteiger partial charge < -0.3 is 20.1 Å². The van der Waals surface area contributed by atoms with Gasteiger partial charge in [-0.1, -0.05) is 19.1 Å². The van der Waals surface area contributed by atoms with Gasteiger partial charge in [-0.05, 0) is 56.5 Å². The van der Waals surface area contributed by atoms with Crippen LogP contribution in [0.4, 0.5) is 4.79 Å². The van der Waals surface area contributed by atoms with E-state index in [1.807, 2.05) is 11.9 Å². The lowest BCUT2D eigenvalue weighted by Crippen LogP contribution is -2.52. The zero-order valence-corrected chi connectivity index (χ0v) is 15.8. The Balaban J connectivity index is 1.55. The number of aryl methyl sites for hydroxylation is 1. The molecule has 0 radical (unpaired) electrons. The lowest BCUT2D eigenvalue weighted by Gasteiger charge is -2.39. The van der Waals surface area contributed by atoms with E-state index in [0.717, 1.165) is 25.9 Å². The molecule has 136 valence electrons. The second kappa shape index (κ2) is 7.48. The number of carbonyl (C=O) groups is 1. The summed E-state index contributed by atoms with van der Waals surface area (Å²) >= 11 is 0. The first-order valence-corrected chi connectivity index (χ1v) is 9.22. The highest BCUT2D eigenvalue weighted by Crippen LogP contribution is 2.22. The lowest BCUT2D eigenvalue weighted by molar-refractivity contribution is 0.107. The molecule has 2 N–H and O–H groups in total. The maximum absolute atomic E-state index is 12.5. The predicted molar refractivity (Wildman–Crippen MR) is 103 cm³/mol. The van der Waals surface area contributed by atoms with Crippen molar-refractivity contribution in [3.8, 4) is 0 Å². The molecule has 25 heavy (non-hydrogen) atoms. The standard InChI is InChI=1S/C20H30N4O/c1-14-6-5-7-17-19(14)16(12-22-17)8-10-21-20(25)24(4)18-9-11-23(3)13-15(18)2/h5-7,12,15,18,22H,8-11,13H2,1-4H3,(H,21,25). The van der Waals surface area contributed by atoms with E-state index in [1.54, 1.807) is 0 Å². The van der Waals surface area contributed by atoms with E-state index in [2.05, 4.69) is 60.5 Å². The van der Waals surface area contributed by atoms with Gasteiger partial charge in [-0.3, -0.25) is 0 Å². The summed E-state index contributed by atoms with van der Waals surface area (Å²) in [7, 11) is 4.08. The van der Waals surface area contributed by atoms with Crippen LogP contribution in [0.1, 0.15) is 24.5 Å². The second-order valence-corrected chi connectivity index (χ2v) is 7.50. The summed E-state index contributed by atoms with van der Waals surface area (Å²) in [6, 6.07) is 6.66. The van der Waals surface area contributed by atoms with Crippen LogP contribution in [0.5, 0.6) is 0 Å². The number of piperidine rings is 1. The minimum Gasteiger partial charge on any atom is -0.361 e. The van der Waals surface area contributed by atoms with Crippen LogP contribution < -0.4 is 5.32 Å². The molecule has 1 aliphatic rings. The predicted octanol–water partition coefficient (Wildman–Crippen LogP) is 3.00. The van der Waals surface area contributed by atoms with E-state index >= 15 is 0 Å². The molecule has 1 fully saturated rings. The number of nitrogens with zero attached hydrogens (tertiary/aromatic N) is 2. The minimum atomic E-state index is 0.0398. The molecular formula is C20H30N4O. The van der Waals surface area contributed by atoms with Gasteiger partial charge in [0.05, 0.1) is 0 Å². The Labute approximate surface area is 150 Å². The van der Waals surface area contributed by atoms with Gasteiger partial charge in [-0.15, -0.1) is 0 Å². The molecule has 0 spiro atoms. The molecule has 1 aromatic heterocycles. The first kappa shape index (κ1) is 17.8. The number of hydrogen-bond acceptors (Lipinski definition) is 2.